The molecule has 25 heavy (non-hydrogen) atoms. The molecule has 1 spiro atoms. The van der Waals surface area contributed by atoms with E-state index in [1.165, 1.54) is 37.1 Å². The molecule has 2 aliphatic rings. The van der Waals surface area contributed by atoms with Crippen LogP contribution < -0.4 is 9.64 Å². The predicted molar refractivity (Wildman–Crippen MR) is 101 cm³/mol. The topological polar surface area (TPSA) is 28.6 Å². The van der Waals surface area contributed by atoms with E-state index in [4.69, 9.17) is 4.74 Å². The maximum atomic E-state index is 5.62. The Bertz CT molecular complexity index is 705. The second-order valence-corrected chi connectivity index (χ2v) is 7.22. The highest BCUT2D eigenvalue weighted by Crippen LogP contribution is 2.40. The Labute approximate surface area is 150 Å². The summed E-state index contributed by atoms with van der Waals surface area (Å²) in [6, 6.07) is 13.0. The molecule has 0 amide bonds. The summed E-state index contributed by atoms with van der Waals surface area (Å²) in [5.74, 6) is 0.869. The van der Waals surface area contributed by atoms with Gasteiger partial charge in [0.15, 0.2) is 0 Å². The van der Waals surface area contributed by atoms with Crippen LogP contribution in [0.1, 0.15) is 31.7 Å². The molecule has 2 aliphatic heterocycles. The molecule has 2 fully saturated rings. The Morgan fingerprint density at radius 1 is 1.12 bits per heavy atom. The molecule has 1 aromatic carbocycles. The second kappa shape index (κ2) is 7.04. The van der Waals surface area contributed by atoms with Gasteiger partial charge in [-0.1, -0.05) is 30.3 Å². The maximum Gasteiger partial charge on any atom is 0.139 e. The van der Waals surface area contributed by atoms with Gasteiger partial charge in [0.2, 0.25) is 0 Å². The van der Waals surface area contributed by atoms with E-state index in [0.717, 1.165) is 25.4 Å². The molecule has 1 atom stereocenters. The Morgan fingerprint density at radius 2 is 2.00 bits per heavy atom. The van der Waals surface area contributed by atoms with Crippen molar-refractivity contribution in [1.29, 1.82) is 0 Å². The molecule has 4 heteroatoms. The number of pyridine rings is 1. The van der Waals surface area contributed by atoms with Crippen molar-refractivity contribution < 1.29 is 4.74 Å². The molecule has 4 rings (SSSR count). The molecule has 2 saturated heterocycles. The van der Waals surface area contributed by atoms with Crippen LogP contribution in [0.2, 0.25) is 0 Å². The van der Waals surface area contributed by atoms with Crippen LogP contribution in [-0.4, -0.2) is 41.7 Å². The molecular formula is C21H27N3O. The third kappa shape index (κ3) is 3.36. The molecule has 1 unspecified atom stereocenters. The van der Waals surface area contributed by atoms with Gasteiger partial charge in [-0.05, 0) is 38.3 Å². The van der Waals surface area contributed by atoms with Crippen LogP contribution in [0, 0.1) is 0 Å². The van der Waals surface area contributed by atoms with Crippen LogP contribution in [0.4, 0.5) is 5.69 Å². The Balaban J connectivity index is 1.49. The van der Waals surface area contributed by atoms with Crippen molar-refractivity contribution in [3.05, 3.63) is 54.4 Å². The Morgan fingerprint density at radius 3 is 2.84 bits per heavy atom. The molecule has 0 saturated carbocycles. The van der Waals surface area contributed by atoms with Crippen molar-refractivity contribution >= 4 is 5.69 Å². The fourth-order valence-corrected chi connectivity index (χ4v) is 4.41. The lowest BCUT2D eigenvalue weighted by Crippen LogP contribution is -2.45. The SMILES string of the molecule is CCOc1cncc(N2CCC3(CCCN3Cc3ccccc3)C2)c1. The summed E-state index contributed by atoms with van der Waals surface area (Å²) in [4.78, 5) is 9.56. The third-order valence-electron chi connectivity index (χ3n) is 5.66. The fourth-order valence-electron chi connectivity index (χ4n) is 4.41. The van der Waals surface area contributed by atoms with Crippen LogP contribution >= 0.6 is 0 Å². The predicted octanol–water partition coefficient (Wildman–Crippen LogP) is 3.73. The minimum absolute atomic E-state index is 0.317. The van der Waals surface area contributed by atoms with Crippen molar-refractivity contribution in [2.75, 3.05) is 31.1 Å². The highest BCUT2D eigenvalue weighted by atomic mass is 16.5. The number of hydrogen-bond acceptors (Lipinski definition) is 4. The van der Waals surface area contributed by atoms with E-state index in [-0.39, 0.29) is 0 Å². The molecule has 3 heterocycles. The highest BCUT2D eigenvalue weighted by molar-refractivity contribution is 5.50. The molecule has 0 N–H and O–H groups in total. The summed E-state index contributed by atoms with van der Waals surface area (Å²) in [7, 11) is 0. The Kier molecular flexibility index (Phi) is 4.62. The number of hydrogen-bond donors (Lipinski definition) is 0. The van der Waals surface area contributed by atoms with Gasteiger partial charge >= 0.3 is 0 Å². The van der Waals surface area contributed by atoms with Gasteiger partial charge in [0.25, 0.3) is 0 Å². The summed E-state index contributed by atoms with van der Waals surface area (Å²) in [5.41, 5.74) is 2.92. The van der Waals surface area contributed by atoms with E-state index >= 15 is 0 Å². The lowest BCUT2D eigenvalue weighted by molar-refractivity contribution is 0.150. The van der Waals surface area contributed by atoms with E-state index in [1.807, 2.05) is 13.1 Å². The molecule has 132 valence electrons. The zero-order valence-corrected chi connectivity index (χ0v) is 15.0. The molecule has 2 aromatic rings. The molecular weight excluding hydrogens is 310 g/mol. The molecule has 1 aromatic heterocycles. The highest BCUT2D eigenvalue weighted by Gasteiger charge is 2.45. The van der Waals surface area contributed by atoms with E-state index < -0.39 is 0 Å². The first kappa shape index (κ1) is 16.4. The summed E-state index contributed by atoms with van der Waals surface area (Å²) in [6.45, 7) is 7.16. The van der Waals surface area contributed by atoms with Crippen LogP contribution in [-0.2, 0) is 6.54 Å². The van der Waals surface area contributed by atoms with Gasteiger partial charge in [0, 0.05) is 31.2 Å². The zero-order chi connectivity index (χ0) is 17.1. The number of ether oxygens (including phenoxy) is 1. The average molecular weight is 337 g/mol. The van der Waals surface area contributed by atoms with E-state index in [0.29, 0.717) is 12.1 Å². The van der Waals surface area contributed by atoms with Gasteiger partial charge in [-0.3, -0.25) is 9.88 Å². The van der Waals surface area contributed by atoms with E-state index in [2.05, 4.69) is 51.2 Å². The smallest absolute Gasteiger partial charge is 0.139 e. The minimum atomic E-state index is 0.317. The quantitative estimate of drug-likeness (QED) is 0.831. The van der Waals surface area contributed by atoms with Gasteiger partial charge in [-0.2, -0.15) is 0 Å². The van der Waals surface area contributed by atoms with Crippen LogP contribution in [0.25, 0.3) is 0 Å². The third-order valence-corrected chi connectivity index (χ3v) is 5.66. The first-order valence-corrected chi connectivity index (χ1v) is 9.41. The molecule has 0 radical (unpaired) electrons. The van der Waals surface area contributed by atoms with Crippen LogP contribution in [0.5, 0.6) is 5.75 Å². The summed E-state index contributed by atoms with van der Waals surface area (Å²) in [5, 5.41) is 0. The number of likely N-dealkylation sites (tertiary alicyclic amines) is 1. The number of benzene rings is 1. The lowest BCUT2D eigenvalue weighted by Gasteiger charge is -2.35. The molecule has 0 aliphatic carbocycles. The number of aromatic nitrogens is 1. The number of anilines is 1. The lowest BCUT2D eigenvalue weighted by atomic mass is 9.94. The van der Waals surface area contributed by atoms with Crippen molar-refractivity contribution in [1.82, 2.24) is 9.88 Å². The van der Waals surface area contributed by atoms with Crippen molar-refractivity contribution in [3.8, 4) is 5.75 Å². The molecule has 0 bridgehead atoms. The van der Waals surface area contributed by atoms with Crippen molar-refractivity contribution in [2.45, 2.75) is 38.3 Å². The summed E-state index contributed by atoms with van der Waals surface area (Å²) < 4.78 is 5.62. The minimum Gasteiger partial charge on any atom is -0.492 e. The number of rotatable bonds is 5. The normalized spacial score (nSPS) is 23.5. The zero-order valence-electron chi connectivity index (χ0n) is 15.0. The fraction of sp³-hybridized carbons (Fsp3) is 0.476. The first-order valence-electron chi connectivity index (χ1n) is 9.41. The second-order valence-electron chi connectivity index (χ2n) is 7.22. The van der Waals surface area contributed by atoms with Gasteiger partial charge in [-0.15, -0.1) is 0 Å². The van der Waals surface area contributed by atoms with Gasteiger partial charge < -0.3 is 9.64 Å². The standard InChI is InChI=1S/C21H27N3O/c1-2-25-20-13-19(14-22-15-20)23-12-10-21(17-23)9-6-11-24(21)16-18-7-4-3-5-8-18/h3-5,7-8,13-15H,2,6,9-12,16-17H2,1H3. The Hall–Kier alpha value is -2.07. The van der Waals surface area contributed by atoms with Gasteiger partial charge in [0.1, 0.15) is 5.75 Å². The van der Waals surface area contributed by atoms with Gasteiger partial charge in [-0.25, -0.2) is 0 Å². The average Bonchev–Trinajstić information content (AvgIpc) is 3.24. The summed E-state index contributed by atoms with van der Waals surface area (Å²) in [6.07, 6.45) is 7.61. The van der Waals surface area contributed by atoms with E-state index in [9.17, 15) is 0 Å². The van der Waals surface area contributed by atoms with Crippen molar-refractivity contribution in [2.24, 2.45) is 0 Å². The van der Waals surface area contributed by atoms with E-state index in [1.54, 1.807) is 6.20 Å². The summed E-state index contributed by atoms with van der Waals surface area (Å²) >= 11 is 0. The maximum absolute atomic E-state index is 5.62. The largest absolute Gasteiger partial charge is 0.492 e. The van der Waals surface area contributed by atoms with Crippen molar-refractivity contribution in [3.63, 3.8) is 0 Å². The van der Waals surface area contributed by atoms with Crippen LogP contribution in [0.3, 0.4) is 0 Å². The number of nitrogens with zero attached hydrogens (tertiary/aromatic N) is 3. The monoisotopic (exact) mass is 337 g/mol. The first-order chi connectivity index (χ1) is 12.3. The van der Waals surface area contributed by atoms with Crippen LogP contribution in [0.15, 0.2) is 48.8 Å². The molecule has 4 nitrogen and oxygen atoms in total. The van der Waals surface area contributed by atoms with Gasteiger partial charge in [0.05, 0.1) is 24.7 Å².